The van der Waals surface area contributed by atoms with Crippen LogP contribution in [0.1, 0.15) is 37.6 Å². The lowest BCUT2D eigenvalue weighted by atomic mass is 9.99. The first kappa shape index (κ1) is 21.2. The van der Waals surface area contributed by atoms with Crippen LogP contribution in [-0.2, 0) is 16.6 Å². The second kappa shape index (κ2) is 8.97. The minimum atomic E-state index is -3.47. The zero-order chi connectivity index (χ0) is 21.1. The summed E-state index contributed by atoms with van der Waals surface area (Å²) in [6.45, 7) is 6.99. The van der Waals surface area contributed by atoms with Crippen LogP contribution >= 0.6 is 11.3 Å². The summed E-state index contributed by atoms with van der Waals surface area (Å²) in [4.78, 5) is 6.96. The first-order valence-corrected chi connectivity index (χ1v) is 12.5. The van der Waals surface area contributed by atoms with E-state index >= 15 is 0 Å². The number of piperazine rings is 1. The van der Waals surface area contributed by atoms with Gasteiger partial charge in [-0.05, 0) is 41.5 Å². The Morgan fingerprint density at radius 2 is 1.87 bits per heavy atom. The Kier molecular flexibility index (Phi) is 6.33. The fourth-order valence-electron chi connectivity index (χ4n) is 3.50. The molecule has 0 bridgehead atoms. The molecule has 1 aliphatic heterocycles. The van der Waals surface area contributed by atoms with Crippen LogP contribution in [0, 0.1) is 0 Å². The molecule has 0 saturated carbocycles. The highest BCUT2D eigenvalue weighted by Crippen LogP contribution is 2.24. The Labute approximate surface area is 181 Å². The van der Waals surface area contributed by atoms with Gasteiger partial charge in [-0.15, -0.1) is 0 Å². The van der Waals surface area contributed by atoms with Crippen LogP contribution in [0.15, 0.2) is 50.5 Å². The second-order valence-corrected chi connectivity index (χ2v) is 10.3. The Bertz CT molecular complexity index is 1050. The van der Waals surface area contributed by atoms with Gasteiger partial charge in [0.25, 0.3) is 5.89 Å². The van der Waals surface area contributed by atoms with E-state index in [-0.39, 0.29) is 0 Å². The van der Waals surface area contributed by atoms with Crippen LogP contribution in [0.25, 0.3) is 11.5 Å². The highest BCUT2D eigenvalue weighted by Gasteiger charge is 2.29. The monoisotopic (exact) mass is 446 g/mol. The fraction of sp³-hybridized carbons (Fsp3) is 0.429. The van der Waals surface area contributed by atoms with E-state index in [1.54, 1.807) is 27.8 Å². The summed E-state index contributed by atoms with van der Waals surface area (Å²) < 4.78 is 32.9. The molecule has 1 aliphatic rings. The van der Waals surface area contributed by atoms with Gasteiger partial charge in [-0.2, -0.15) is 20.6 Å². The molecule has 9 heteroatoms. The second-order valence-electron chi connectivity index (χ2n) is 7.59. The van der Waals surface area contributed by atoms with Gasteiger partial charge < -0.3 is 4.52 Å². The van der Waals surface area contributed by atoms with Crippen molar-refractivity contribution in [1.29, 1.82) is 0 Å². The molecule has 7 nitrogen and oxygen atoms in total. The van der Waals surface area contributed by atoms with Crippen LogP contribution < -0.4 is 0 Å². The summed E-state index contributed by atoms with van der Waals surface area (Å²) in [6, 6.07) is 9.27. The van der Waals surface area contributed by atoms with Crippen molar-refractivity contribution in [2.24, 2.45) is 0 Å². The van der Waals surface area contributed by atoms with Gasteiger partial charge in [0.2, 0.25) is 10.0 Å². The minimum absolute atomic E-state index is 0.363. The van der Waals surface area contributed by atoms with Crippen molar-refractivity contribution < 1.29 is 12.9 Å². The van der Waals surface area contributed by atoms with Crippen LogP contribution in [0.5, 0.6) is 0 Å². The summed E-state index contributed by atoms with van der Waals surface area (Å²) in [5.74, 6) is 1.57. The van der Waals surface area contributed by atoms with E-state index in [1.807, 2.05) is 29.0 Å². The van der Waals surface area contributed by atoms with Crippen LogP contribution in [0.2, 0.25) is 0 Å². The molecule has 2 aromatic heterocycles. The lowest BCUT2D eigenvalue weighted by Crippen LogP contribution is -2.48. The quantitative estimate of drug-likeness (QED) is 0.549. The van der Waals surface area contributed by atoms with Gasteiger partial charge >= 0.3 is 0 Å². The number of benzene rings is 1. The molecule has 0 radical (unpaired) electrons. The molecule has 30 heavy (non-hydrogen) atoms. The fourth-order valence-corrected chi connectivity index (χ4v) is 5.55. The molecule has 1 unspecified atom stereocenters. The molecule has 3 heterocycles. The number of nitrogens with zero attached hydrogens (tertiary/aromatic N) is 4. The van der Waals surface area contributed by atoms with Crippen molar-refractivity contribution in [3.63, 3.8) is 0 Å². The molecule has 1 saturated heterocycles. The molecular formula is C21H26N4O3S2. The topological polar surface area (TPSA) is 79.5 Å². The third kappa shape index (κ3) is 4.49. The zero-order valence-corrected chi connectivity index (χ0v) is 18.8. The van der Waals surface area contributed by atoms with Crippen LogP contribution in [-0.4, -0.2) is 53.9 Å². The van der Waals surface area contributed by atoms with Gasteiger partial charge in [0.1, 0.15) is 0 Å². The minimum Gasteiger partial charge on any atom is -0.334 e. The summed E-state index contributed by atoms with van der Waals surface area (Å²) >= 11 is 1.58. The number of rotatable bonds is 7. The predicted molar refractivity (Wildman–Crippen MR) is 117 cm³/mol. The van der Waals surface area contributed by atoms with E-state index < -0.39 is 10.0 Å². The van der Waals surface area contributed by atoms with Crippen molar-refractivity contribution >= 4 is 21.4 Å². The first-order chi connectivity index (χ1) is 14.5. The van der Waals surface area contributed by atoms with Gasteiger partial charge in [0.15, 0.2) is 5.82 Å². The molecule has 1 fully saturated rings. The molecule has 3 aromatic rings. The largest absolute Gasteiger partial charge is 0.334 e. The maximum absolute atomic E-state index is 13.0. The number of hydrogen-bond donors (Lipinski definition) is 0. The van der Waals surface area contributed by atoms with Crippen molar-refractivity contribution in [2.45, 2.75) is 37.6 Å². The van der Waals surface area contributed by atoms with Crippen LogP contribution in [0.3, 0.4) is 0 Å². The highest BCUT2D eigenvalue weighted by molar-refractivity contribution is 7.89. The average Bonchev–Trinajstić information content (AvgIpc) is 3.46. The van der Waals surface area contributed by atoms with Crippen molar-refractivity contribution in [2.75, 3.05) is 26.2 Å². The third-order valence-corrected chi connectivity index (χ3v) is 8.23. The van der Waals surface area contributed by atoms with Crippen molar-refractivity contribution in [3.8, 4) is 11.5 Å². The molecule has 160 valence electrons. The molecule has 0 N–H and O–H groups in total. The summed E-state index contributed by atoms with van der Waals surface area (Å²) in [7, 11) is -3.47. The Hall–Kier alpha value is -2.07. The van der Waals surface area contributed by atoms with Gasteiger partial charge in [-0.25, -0.2) is 8.42 Å². The van der Waals surface area contributed by atoms with Gasteiger partial charge in [0.05, 0.1) is 17.0 Å². The Morgan fingerprint density at radius 1 is 1.13 bits per heavy atom. The summed E-state index contributed by atoms with van der Waals surface area (Å²) in [5.41, 5.74) is 2.09. The Balaban J connectivity index is 1.35. The first-order valence-electron chi connectivity index (χ1n) is 10.1. The van der Waals surface area contributed by atoms with Gasteiger partial charge in [-0.3, -0.25) is 4.90 Å². The number of aromatic nitrogens is 2. The SMILES string of the molecule is CCC(C)c1ccc(S(=O)(=O)N2CCN(Cc3noc(-c4ccsc4)n3)CC2)cc1. The van der Waals surface area contributed by atoms with Crippen LogP contribution in [0.4, 0.5) is 0 Å². The number of hydrogen-bond acceptors (Lipinski definition) is 7. The maximum atomic E-state index is 13.0. The van der Waals surface area contributed by atoms with E-state index in [4.69, 9.17) is 4.52 Å². The average molecular weight is 447 g/mol. The van der Waals surface area contributed by atoms with E-state index in [1.165, 1.54) is 5.56 Å². The summed E-state index contributed by atoms with van der Waals surface area (Å²) in [5, 5.41) is 7.99. The van der Waals surface area contributed by atoms with Gasteiger partial charge in [0, 0.05) is 31.6 Å². The molecule has 1 atom stereocenters. The Morgan fingerprint density at radius 3 is 2.50 bits per heavy atom. The zero-order valence-electron chi connectivity index (χ0n) is 17.2. The van der Waals surface area contributed by atoms with Gasteiger partial charge in [-0.1, -0.05) is 31.1 Å². The van der Waals surface area contributed by atoms with E-state index in [0.29, 0.717) is 55.3 Å². The highest BCUT2D eigenvalue weighted by atomic mass is 32.2. The lowest BCUT2D eigenvalue weighted by molar-refractivity contribution is 0.176. The maximum Gasteiger partial charge on any atom is 0.258 e. The standard InChI is InChI=1S/C21H26N4O3S2/c1-3-16(2)17-4-6-19(7-5-17)30(26,27)25-11-9-24(10-12-25)14-20-22-21(28-23-20)18-8-13-29-15-18/h4-8,13,15-16H,3,9-12,14H2,1-2H3. The third-order valence-electron chi connectivity index (χ3n) is 5.63. The molecule has 0 aliphatic carbocycles. The smallest absolute Gasteiger partial charge is 0.258 e. The van der Waals surface area contributed by atoms with E-state index in [9.17, 15) is 8.42 Å². The predicted octanol–water partition coefficient (Wildman–Crippen LogP) is 3.82. The van der Waals surface area contributed by atoms with E-state index in [0.717, 1.165) is 12.0 Å². The molecule has 0 amide bonds. The molecule has 0 spiro atoms. The van der Waals surface area contributed by atoms with Crippen molar-refractivity contribution in [3.05, 3.63) is 52.5 Å². The number of thiophene rings is 1. The number of sulfonamides is 1. The van der Waals surface area contributed by atoms with E-state index in [2.05, 4.69) is 28.9 Å². The summed E-state index contributed by atoms with van der Waals surface area (Å²) in [6.07, 6.45) is 1.03. The lowest BCUT2D eigenvalue weighted by Gasteiger charge is -2.33. The normalized spacial score (nSPS) is 17.3. The molecule has 4 rings (SSSR count). The molecular weight excluding hydrogens is 420 g/mol. The van der Waals surface area contributed by atoms with Crippen molar-refractivity contribution in [1.82, 2.24) is 19.3 Å². The molecule has 1 aromatic carbocycles.